The lowest BCUT2D eigenvalue weighted by Gasteiger charge is -2.10. The molecular formula is C20H23NO4. The van der Waals surface area contributed by atoms with Gasteiger partial charge < -0.3 is 15.2 Å². The van der Waals surface area contributed by atoms with Crippen molar-refractivity contribution in [1.82, 2.24) is 5.32 Å². The molecule has 0 atom stereocenters. The van der Waals surface area contributed by atoms with Crippen molar-refractivity contribution in [3.05, 3.63) is 64.7 Å². The first kappa shape index (κ1) is 18.5. The van der Waals surface area contributed by atoms with Crippen LogP contribution in [-0.4, -0.2) is 30.6 Å². The molecule has 5 heteroatoms. The highest BCUT2D eigenvalue weighted by atomic mass is 16.5. The first-order chi connectivity index (χ1) is 12.0. The van der Waals surface area contributed by atoms with Crippen LogP contribution in [0.2, 0.25) is 0 Å². The fourth-order valence-electron chi connectivity index (χ4n) is 2.63. The number of aromatic carboxylic acids is 1. The molecule has 0 fully saturated rings. The molecule has 0 saturated heterocycles. The maximum atomic E-state index is 12.1. The minimum atomic E-state index is -0.993. The highest BCUT2D eigenvalue weighted by molar-refractivity contribution is 5.88. The molecule has 0 aliphatic rings. The van der Waals surface area contributed by atoms with Crippen molar-refractivity contribution < 1.29 is 19.4 Å². The van der Waals surface area contributed by atoms with E-state index in [-0.39, 0.29) is 11.5 Å². The molecule has 0 radical (unpaired) electrons. The summed E-state index contributed by atoms with van der Waals surface area (Å²) in [5.41, 5.74) is 3.26. The Morgan fingerprint density at radius 2 is 1.88 bits per heavy atom. The zero-order chi connectivity index (χ0) is 18.2. The molecule has 132 valence electrons. The number of carbonyl (C=O) groups excluding carboxylic acids is 1. The lowest BCUT2D eigenvalue weighted by molar-refractivity contribution is -0.120. The number of benzene rings is 2. The van der Waals surface area contributed by atoms with Gasteiger partial charge in [-0.05, 0) is 41.7 Å². The van der Waals surface area contributed by atoms with Crippen LogP contribution >= 0.6 is 0 Å². The van der Waals surface area contributed by atoms with Crippen LogP contribution in [0.3, 0.4) is 0 Å². The van der Waals surface area contributed by atoms with Gasteiger partial charge in [-0.1, -0.05) is 37.3 Å². The van der Waals surface area contributed by atoms with E-state index in [9.17, 15) is 9.59 Å². The number of carboxylic acids is 1. The number of nitrogens with one attached hydrogen (secondary N) is 1. The Hall–Kier alpha value is -2.82. The van der Waals surface area contributed by atoms with E-state index >= 15 is 0 Å². The molecule has 5 nitrogen and oxygen atoms in total. The van der Waals surface area contributed by atoms with Gasteiger partial charge in [0.15, 0.2) is 0 Å². The van der Waals surface area contributed by atoms with Crippen molar-refractivity contribution in [1.29, 1.82) is 0 Å². The van der Waals surface area contributed by atoms with E-state index in [4.69, 9.17) is 9.84 Å². The van der Waals surface area contributed by atoms with E-state index in [2.05, 4.69) is 18.3 Å². The second kappa shape index (κ2) is 8.87. The van der Waals surface area contributed by atoms with Gasteiger partial charge in [-0.2, -0.15) is 0 Å². The van der Waals surface area contributed by atoms with Gasteiger partial charge in [0.25, 0.3) is 0 Å². The summed E-state index contributed by atoms with van der Waals surface area (Å²) in [5.74, 6) is -0.508. The highest BCUT2D eigenvalue weighted by Crippen LogP contribution is 2.20. The molecule has 2 aromatic carbocycles. The number of carboxylic acid groups (broad SMARTS) is 1. The van der Waals surface area contributed by atoms with Gasteiger partial charge in [-0.15, -0.1) is 0 Å². The number of hydrogen-bond donors (Lipinski definition) is 2. The van der Waals surface area contributed by atoms with E-state index in [1.165, 1.54) is 24.8 Å². The van der Waals surface area contributed by atoms with Gasteiger partial charge in [0, 0.05) is 6.54 Å². The average Bonchev–Trinajstić information content (AvgIpc) is 2.61. The lowest BCUT2D eigenvalue weighted by atomic mass is 10.1. The molecule has 25 heavy (non-hydrogen) atoms. The largest absolute Gasteiger partial charge is 0.496 e. The van der Waals surface area contributed by atoms with Crippen molar-refractivity contribution in [2.45, 2.75) is 26.2 Å². The van der Waals surface area contributed by atoms with Crippen LogP contribution in [0.15, 0.2) is 42.5 Å². The third-order valence-electron chi connectivity index (χ3n) is 4.01. The second-order valence-corrected chi connectivity index (χ2v) is 5.78. The molecule has 2 N–H and O–H groups in total. The first-order valence-electron chi connectivity index (χ1n) is 8.28. The van der Waals surface area contributed by atoms with E-state index in [1.54, 1.807) is 6.07 Å². The zero-order valence-corrected chi connectivity index (χ0v) is 14.5. The molecule has 2 aromatic rings. The van der Waals surface area contributed by atoms with E-state index < -0.39 is 5.97 Å². The quantitative estimate of drug-likeness (QED) is 0.774. The molecule has 0 heterocycles. The van der Waals surface area contributed by atoms with Crippen molar-refractivity contribution in [2.24, 2.45) is 0 Å². The number of methoxy groups -OCH3 is 1. The monoisotopic (exact) mass is 341 g/mol. The number of hydrogen-bond acceptors (Lipinski definition) is 3. The maximum absolute atomic E-state index is 12.1. The first-order valence-corrected chi connectivity index (χ1v) is 8.28. The Balaban J connectivity index is 1.89. The van der Waals surface area contributed by atoms with Crippen LogP contribution in [0.1, 0.15) is 34.0 Å². The van der Waals surface area contributed by atoms with Gasteiger partial charge in [-0.25, -0.2) is 4.79 Å². The Kier molecular flexibility index (Phi) is 6.57. The van der Waals surface area contributed by atoms with E-state index in [0.29, 0.717) is 25.1 Å². The van der Waals surface area contributed by atoms with Crippen LogP contribution < -0.4 is 10.1 Å². The molecule has 0 aliphatic heterocycles. The number of amides is 1. The molecule has 0 bridgehead atoms. The SMILES string of the molecule is CCc1cccc(CC(=O)NCCc2ccc(C(=O)O)cc2OC)c1. The van der Waals surface area contributed by atoms with Crippen LogP contribution in [0.5, 0.6) is 5.75 Å². The number of carbonyl (C=O) groups is 2. The van der Waals surface area contributed by atoms with Crippen molar-refractivity contribution >= 4 is 11.9 Å². The van der Waals surface area contributed by atoms with Crippen LogP contribution in [0.25, 0.3) is 0 Å². The van der Waals surface area contributed by atoms with Crippen LogP contribution in [0, 0.1) is 0 Å². The summed E-state index contributed by atoms with van der Waals surface area (Å²) in [4.78, 5) is 23.1. The molecule has 1 amide bonds. The summed E-state index contributed by atoms with van der Waals surface area (Å²) in [6.07, 6.45) is 1.87. The Morgan fingerprint density at radius 1 is 1.12 bits per heavy atom. The third-order valence-corrected chi connectivity index (χ3v) is 4.01. The standard InChI is InChI=1S/C20H23NO4/c1-3-14-5-4-6-15(11-14)12-19(22)21-10-9-16-7-8-17(20(23)24)13-18(16)25-2/h4-8,11,13H,3,9-10,12H2,1-2H3,(H,21,22)(H,23,24). The van der Waals surface area contributed by atoms with Crippen LogP contribution in [-0.2, 0) is 24.1 Å². The van der Waals surface area contributed by atoms with Gasteiger partial charge in [0.2, 0.25) is 5.91 Å². The smallest absolute Gasteiger partial charge is 0.335 e. The predicted octanol–water partition coefficient (Wildman–Crippen LogP) is 2.86. The second-order valence-electron chi connectivity index (χ2n) is 5.78. The number of ether oxygens (including phenoxy) is 1. The summed E-state index contributed by atoms with van der Waals surface area (Å²) in [6, 6.07) is 12.8. The Labute approximate surface area is 147 Å². The third kappa shape index (κ3) is 5.35. The van der Waals surface area contributed by atoms with Gasteiger partial charge in [0.05, 0.1) is 19.1 Å². The molecular weight excluding hydrogens is 318 g/mol. The number of aryl methyl sites for hydroxylation is 1. The predicted molar refractivity (Wildman–Crippen MR) is 96.2 cm³/mol. The van der Waals surface area contributed by atoms with E-state index in [0.717, 1.165) is 17.5 Å². The van der Waals surface area contributed by atoms with Gasteiger partial charge in [0.1, 0.15) is 5.75 Å². The summed E-state index contributed by atoms with van der Waals surface area (Å²) in [7, 11) is 1.50. The highest BCUT2D eigenvalue weighted by Gasteiger charge is 2.10. The van der Waals surface area contributed by atoms with Gasteiger partial charge >= 0.3 is 5.97 Å². The summed E-state index contributed by atoms with van der Waals surface area (Å²) in [6.45, 7) is 2.55. The normalized spacial score (nSPS) is 10.3. The molecule has 0 aromatic heterocycles. The molecule has 2 rings (SSSR count). The maximum Gasteiger partial charge on any atom is 0.335 e. The molecule has 0 unspecified atom stereocenters. The fraction of sp³-hybridized carbons (Fsp3) is 0.300. The topological polar surface area (TPSA) is 75.6 Å². The molecule has 0 saturated carbocycles. The zero-order valence-electron chi connectivity index (χ0n) is 14.5. The minimum absolute atomic E-state index is 0.0330. The molecule has 0 spiro atoms. The molecule has 0 aliphatic carbocycles. The average molecular weight is 341 g/mol. The number of rotatable bonds is 8. The Morgan fingerprint density at radius 3 is 2.56 bits per heavy atom. The van der Waals surface area contributed by atoms with Crippen molar-refractivity contribution in [3.8, 4) is 5.75 Å². The summed E-state index contributed by atoms with van der Waals surface area (Å²) < 4.78 is 5.24. The van der Waals surface area contributed by atoms with E-state index in [1.807, 2.05) is 18.2 Å². The van der Waals surface area contributed by atoms with Gasteiger partial charge in [-0.3, -0.25) is 4.79 Å². The van der Waals surface area contributed by atoms with Crippen molar-refractivity contribution in [3.63, 3.8) is 0 Å². The van der Waals surface area contributed by atoms with Crippen LogP contribution in [0.4, 0.5) is 0 Å². The minimum Gasteiger partial charge on any atom is -0.496 e. The fourth-order valence-corrected chi connectivity index (χ4v) is 2.63. The lowest BCUT2D eigenvalue weighted by Crippen LogP contribution is -2.27. The summed E-state index contributed by atoms with van der Waals surface area (Å²) in [5, 5.41) is 11.9. The summed E-state index contributed by atoms with van der Waals surface area (Å²) >= 11 is 0. The Bertz CT molecular complexity index is 755. The van der Waals surface area contributed by atoms with Crippen molar-refractivity contribution in [2.75, 3.05) is 13.7 Å².